The van der Waals surface area contributed by atoms with Gasteiger partial charge >= 0.3 is 0 Å². The number of aromatic nitrogens is 3. The third kappa shape index (κ3) is 3.01. The molecular formula is C16H21N5O. The molecule has 0 saturated carbocycles. The van der Waals surface area contributed by atoms with Crippen LogP contribution in [-0.2, 0) is 16.8 Å². The lowest BCUT2D eigenvalue weighted by Gasteiger charge is -2.36. The molecular weight excluding hydrogens is 278 g/mol. The lowest BCUT2D eigenvalue weighted by atomic mass is 9.87. The van der Waals surface area contributed by atoms with Crippen LogP contribution in [0.15, 0.2) is 43.0 Å². The summed E-state index contributed by atoms with van der Waals surface area (Å²) in [6.45, 7) is 2.27. The van der Waals surface area contributed by atoms with E-state index in [1.807, 2.05) is 35.3 Å². The van der Waals surface area contributed by atoms with E-state index in [1.165, 1.54) is 0 Å². The normalized spacial score (nSPS) is 17.1. The second-order valence-electron chi connectivity index (χ2n) is 5.60. The van der Waals surface area contributed by atoms with E-state index in [2.05, 4.69) is 20.7 Å². The van der Waals surface area contributed by atoms with Crippen LogP contribution < -0.4 is 10.6 Å². The van der Waals surface area contributed by atoms with E-state index >= 15 is 0 Å². The zero-order valence-electron chi connectivity index (χ0n) is 12.5. The Bertz CT molecular complexity index is 590. The zero-order chi connectivity index (χ0) is 15.3. The Morgan fingerprint density at radius 1 is 1.32 bits per heavy atom. The fourth-order valence-corrected chi connectivity index (χ4v) is 2.95. The summed E-state index contributed by atoms with van der Waals surface area (Å²) in [5.41, 5.74) is 0.560. The lowest BCUT2D eigenvalue weighted by Crippen LogP contribution is -2.54. The van der Waals surface area contributed by atoms with Crippen LogP contribution >= 0.6 is 0 Å². The summed E-state index contributed by atoms with van der Waals surface area (Å²) in [7, 11) is 0. The van der Waals surface area contributed by atoms with Crippen LogP contribution in [-0.4, -0.2) is 40.3 Å². The van der Waals surface area contributed by atoms with E-state index in [4.69, 9.17) is 0 Å². The van der Waals surface area contributed by atoms with Crippen molar-refractivity contribution in [2.45, 2.75) is 24.8 Å². The molecule has 0 bridgehead atoms. The van der Waals surface area contributed by atoms with E-state index < -0.39 is 5.54 Å². The van der Waals surface area contributed by atoms with Gasteiger partial charge in [0.05, 0.1) is 0 Å². The number of carbonyl (C=O) groups is 1. The number of amides is 1. The monoisotopic (exact) mass is 299 g/mol. The van der Waals surface area contributed by atoms with Crippen LogP contribution in [0.1, 0.15) is 18.4 Å². The second-order valence-corrected chi connectivity index (χ2v) is 5.60. The smallest absolute Gasteiger partial charge is 0.248 e. The van der Waals surface area contributed by atoms with E-state index in [1.54, 1.807) is 12.4 Å². The lowest BCUT2D eigenvalue weighted by molar-refractivity contribution is -0.131. The Kier molecular flexibility index (Phi) is 4.48. The van der Waals surface area contributed by atoms with Gasteiger partial charge in [0.25, 0.3) is 0 Å². The first kappa shape index (κ1) is 14.7. The summed E-state index contributed by atoms with van der Waals surface area (Å²) in [6.07, 6.45) is 9.50. The van der Waals surface area contributed by atoms with E-state index in [0.29, 0.717) is 6.54 Å². The molecule has 0 spiro atoms. The molecule has 1 aliphatic rings. The minimum Gasteiger partial charge on any atom is -0.354 e. The average Bonchev–Trinajstić information content (AvgIpc) is 3.11. The second kappa shape index (κ2) is 6.70. The number of piperidine rings is 1. The highest BCUT2D eigenvalue weighted by molar-refractivity contribution is 5.84. The molecule has 0 radical (unpaired) electrons. The molecule has 3 heterocycles. The molecule has 6 heteroatoms. The van der Waals surface area contributed by atoms with Crippen molar-refractivity contribution in [2.75, 3.05) is 19.6 Å². The number of pyridine rings is 1. The molecule has 0 atom stereocenters. The first-order valence-electron chi connectivity index (χ1n) is 7.69. The SMILES string of the molecule is O=C(NCCc1cccnc1)C1(n2cccn2)CCNCC1. The number of nitrogens with one attached hydrogen (secondary N) is 2. The van der Waals surface area contributed by atoms with Gasteiger partial charge < -0.3 is 10.6 Å². The molecule has 0 unspecified atom stereocenters. The van der Waals surface area contributed by atoms with Gasteiger partial charge in [0.2, 0.25) is 5.91 Å². The summed E-state index contributed by atoms with van der Waals surface area (Å²) < 4.78 is 1.81. The topological polar surface area (TPSA) is 71.8 Å². The quantitative estimate of drug-likeness (QED) is 0.853. The molecule has 2 aromatic heterocycles. The fourth-order valence-electron chi connectivity index (χ4n) is 2.95. The number of nitrogens with zero attached hydrogens (tertiary/aromatic N) is 3. The fraction of sp³-hybridized carbons (Fsp3) is 0.438. The third-order valence-corrected chi connectivity index (χ3v) is 4.22. The van der Waals surface area contributed by atoms with E-state index in [0.717, 1.165) is 37.9 Å². The molecule has 1 fully saturated rings. The van der Waals surface area contributed by atoms with Crippen molar-refractivity contribution in [1.82, 2.24) is 25.4 Å². The highest BCUT2D eigenvalue weighted by atomic mass is 16.2. The third-order valence-electron chi connectivity index (χ3n) is 4.22. The van der Waals surface area contributed by atoms with Crippen molar-refractivity contribution in [3.8, 4) is 0 Å². The Labute approximate surface area is 129 Å². The highest BCUT2D eigenvalue weighted by Gasteiger charge is 2.41. The Morgan fingerprint density at radius 3 is 2.86 bits per heavy atom. The first-order valence-corrected chi connectivity index (χ1v) is 7.69. The Morgan fingerprint density at radius 2 is 2.18 bits per heavy atom. The number of carbonyl (C=O) groups excluding carboxylic acids is 1. The first-order chi connectivity index (χ1) is 10.8. The van der Waals surface area contributed by atoms with Crippen molar-refractivity contribution in [2.24, 2.45) is 0 Å². The van der Waals surface area contributed by atoms with E-state index in [-0.39, 0.29) is 5.91 Å². The minimum atomic E-state index is -0.566. The zero-order valence-corrected chi connectivity index (χ0v) is 12.5. The van der Waals surface area contributed by atoms with Gasteiger partial charge in [-0.1, -0.05) is 6.07 Å². The molecule has 0 aliphatic carbocycles. The van der Waals surface area contributed by atoms with Crippen LogP contribution in [0.2, 0.25) is 0 Å². The van der Waals surface area contributed by atoms with Gasteiger partial charge in [-0.25, -0.2) is 0 Å². The Hall–Kier alpha value is -2.21. The maximum absolute atomic E-state index is 12.8. The molecule has 2 N–H and O–H groups in total. The largest absolute Gasteiger partial charge is 0.354 e. The minimum absolute atomic E-state index is 0.0570. The van der Waals surface area contributed by atoms with Gasteiger partial charge in [-0.2, -0.15) is 5.10 Å². The molecule has 1 aliphatic heterocycles. The summed E-state index contributed by atoms with van der Waals surface area (Å²) in [5.74, 6) is 0.0570. The number of rotatable bonds is 5. The molecule has 2 aromatic rings. The van der Waals surface area contributed by atoms with Gasteiger partial charge in [0.15, 0.2) is 0 Å². The summed E-state index contributed by atoms with van der Waals surface area (Å²) >= 11 is 0. The highest BCUT2D eigenvalue weighted by Crippen LogP contribution is 2.27. The van der Waals surface area contributed by atoms with E-state index in [9.17, 15) is 4.79 Å². The van der Waals surface area contributed by atoms with Crippen LogP contribution in [0, 0.1) is 0 Å². The van der Waals surface area contributed by atoms with Crippen LogP contribution in [0.3, 0.4) is 0 Å². The molecule has 6 nitrogen and oxygen atoms in total. The molecule has 1 amide bonds. The summed E-state index contributed by atoms with van der Waals surface area (Å²) in [6, 6.07) is 5.80. The number of hydrogen-bond donors (Lipinski definition) is 2. The predicted molar refractivity (Wildman–Crippen MR) is 83.3 cm³/mol. The predicted octanol–water partition coefficient (Wildman–Crippen LogP) is 0.716. The van der Waals surface area contributed by atoms with Gasteiger partial charge in [0, 0.05) is 31.3 Å². The van der Waals surface area contributed by atoms with Crippen molar-refractivity contribution in [1.29, 1.82) is 0 Å². The standard InChI is InChI=1S/C16H21N5O/c22-15(19-9-4-14-3-1-7-18-13-14)16(5-10-17-11-6-16)21-12-2-8-20-21/h1-3,7-8,12-13,17H,4-6,9-11H2,(H,19,22). The average molecular weight is 299 g/mol. The van der Waals surface area contributed by atoms with Crippen molar-refractivity contribution >= 4 is 5.91 Å². The maximum atomic E-state index is 12.8. The molecule has 0 aromatic carbocycles. The van der Waals surface area contributed by atoms with Crippen molar-refractivity contribution in [3.05, 3.63) is 48.5 Å². The van der Waals surface area contributed by atoms with Crippen LogP contribution in [0.5, 0.6) is 0 Å². The Balaban J connectivity index is 1.65. The van der Waals surface area contributed by atoms with Gasteiger partial charge in [-0.15, -0.1) is 0 Å². The molecule has 22 heavy (non-hydrogen) atoms. The van der Waals surface area contributed by atoms with Crippen LogP contribution in [0.25, 0.3) is 0 Å². The maximum Gasteiger partial charge on any atom is 0.248 e. The number of hydrogen-bond acceptors (Lipinski definition) is 4. The molecule has 116 valence electrons. The van der Waals surface area contributed by atoms with Crippen LogP contribution in [0.4, 0.5) is 0 Å². The molecule has 3 rings (SSSR count). The van der Waals surface area contributed by atoms with Crippen molar-refractivity contribution in [3.63, 3.8) is 0 Å². The molecule has 1 saturated heterocycles. The van der Waals surface area contributed by atoms with Gasteiger partial charge in [-0.05, 0) is 50.0 Å². The summed E-state index contributed by atoms with van der Waals surface area (Å²) in [5, 5.41) is 10.7. The van der Waals surface area contributed by atoms with Gasteiger partial charge in [-0.3, -0.25) is 14.5 Å². The summed E-state index contributed by atoms with van der Waals surface area (Å²) in [4.78, 5) is 16.9. The van der Waals surface area contributed by atoms with Crippen molar-refractivity contribution < 1.29 is 4.79 Å². The van der Waals surface area contributed by atoms with Gasteiger partial charge in [0.1, 0.15) is 5.54 Å².